The van der Waals surface area contributed by atoms with Crippen molar-refractivity contribution in [3.8, 4) is 6.07 Å². The summed E-state index contributed by atoms with van der Waals surface area (Å²) in [5, 5.41) is 9.38. The molecule has 0 spiro atoms. The molecule has 0 radical (unpaired) electrons. The number of ether oxygens (including phenoxy) is 1. The maximum atomic E-state index is 9.38. The molecule has 1 heterocycles. The first kappa shape index (κ1) is 14.2. The van der Waals surface area contributed by atoms with E-state index in [2.05, 4.69) is 18.0 Å². The summed E-state index contributed by atoms with van der Waals surface area (Å²) in [4.78, 5) is 3.27. The fourth-order valence-electron chi connectivity index (χ4n) is 2.53. The van der Waals surface area contributed by atoms with Crippen LogP contribution in [0, 0.1) is 17.2 Å². The van der Waals surface area contributed by atoms with Crippen molar-refractivity contribution >= 4 is 17.4 Å². The molecule has 0 atom stereocenters. The van der Waals surface area contributed by atoms with E-state index in [1.54, 1.807) is 11.8 Å². The minimum Gasteiger partial charge on any atom is -0.381 e. The lowest BCUT2D eigenvalue weighted by atomic mass is 9.99. The van der Waals surface area contributed by atoms with E-state index in [0.29, 0.717) is 5.92 Å². The van der Waals surface area contributed by atoms with Crippen molar-refractivity contribution in [2.24, 2.45) is 5.92 Å². The van der Waals surface area contributed by atoms with E-state index in [1.165, 1.54) is 0 Å². The van der Waals surface area contributed by atoms with Crippen molar-refractivity contribution < 1.29 is 4.74 Å². The van der Waals surface area contributed by atoms with Gasteiger partial charge in [0.25, 0.3) is 0 Å². The van der Waals surface area contributed by atoms with Crippen LogP contribution in [0.1, 0.15) is 18.4 Å². The zero-order chi connectivity index (χ0) is 13.7. The fraction of sp³-hybridized carbons (Fsp3) is 0.533. The maximum absolute atomic E-state index is 9.38. The Balaban J connectivity index is 2.14. The monoisotopic (exact) mass is 276 g/mol. The predicted octanol–water partition coefficient (Wildman–Crippen LogP) is 3.14. The number of hydrogen-bond acceptors (Lipinski definition) is 4. The van der Waals surface area contributed by atoms with Gasteiger partial charge in [0.05, 0.1) is 11.3 Å². The molecule has 1 aliphatic rings. The molecule has 102 valence electrons. The van der Waals surface area contributed by atoms with Crippen molar-refractivity contribution in [3.05, 3.63) is 23.8 Å². The number of anilines is 1. The summed E-state index contributed by atoms with van der Waals surface area (Å²) < 4.78 is 5.39. The van der Waals surface area contributed by atoms with Crippen LogP contribution >= 0.6 is 11.8 Å². The standard InChI is InChI=1S/C15H20N2OS/c1-17(11-12-6-8-18-9-7-12)14-4-3-5-15(19-2)13(14)10-16/h3-5,12H,6-9,11H2,1-2H3. The minimum absolute atomic E-state index is 0.670. The second kappa shape index (κ2) is 6.83. The maximum Gasteiger partial charge on any atom is 0.102 e. The van der Waals surface area contributed by atoms with E-state index in [-0.39, 0.29) is 0 Å². The van der Waals surface area contributed by atoms with Crippen LogP contribution in [0.25, 0.3) is 0 Å². The van der Waals surface area contributed by atoms with Gasteiger partial charge in [0.2, 0.25) is 0 Å². The first-order valence-electron chi connectivity index (χ1n) is 6.62. The molecule has 1 aromatic carbocycles. The van der Waals surface area contributed by atoms with Gasteiger partial charge < -0.3 is 9.64 Å². The molecule has 1 aromatic rings. The van der Waals surface area contributed by atoms with E-state index in [0.717, 1.165) is 48.7 Å². The number of thioether (sulfide) groups is 1. The third kappa shape index (κ3) is 3.43. The highest BCUT2D eigenvalue weighted by atomic mass is 32.2. The van der Waals surface area contributed by atoms with Crippen LogP contribution in [0.3, 0.4) is 0 Å². The molecule has 0 bridgehead atoms. The molecular formula is C15H20N2OS. The molecule has 1 fully saturated rings. The van der Waals surface area contributed by atoms with E-state index in [9.17, 15) is 5.26 Å². The number of benzene rings is 1. The van der Waals surface area contributed by atoms with Gasteiger partial charge >= 0.3 is 0 Å². The highest BCUT2D eigenvalue weighted by Gasteiger charge is 2.18. The van der Waals surface area contributed by atoms with Crippen LogP contribution in [0.2, 0.25) is 0 Å². The minimum atomic E-state index is 0.670. The van der Waals surface area contributed by atoms with Crippen LogP contribution < -0.4 is 4.90 Å². The van der Waals surface area contributed by atoms with E-state index in [1.807, 2.05) is 24.5 Å². The Hall–Kier alpha value is -1.18. The normalized spacial score (nSPS) is 16.1. The molecule has 0 amide bonds. The molecule has 0 unspecified atom stereocenters. The smallest absolute Gasteiger partial charge is 0.102 e. The predicted molar refractivity (Wildman–Crippen MR) is 79.8 cm³/mol. The fourth-order valence-corrected chi connectivity index (χ4v) is 3.10. The molecule has 0 saturated carbocycles. The van der Waals surface area contributed by atoms with E-state index < -0.39 is 0 Å². The summed E-state index contributed by atoms with van der Waals surface area (Å²) in [7, 11) is 2.08. The number of rotatable bonds is 4. The van der Waals surface area contributed by atoms with Crippen molar-refractivity contribution in [3.63, 3.8) is 0 Å². The quantitative estimate of drug-likeness (QED) is 0.792. The Kier molecular flexibility index (Phi) is 5.12. The third-order valence-electron chi connectivity index (χ3n) is 3.62. The van der Waals surface area contributed by atoms with Gasteiger partial charge in [0, 0.05) is 31.7 Å². The van der Waals surface area contributed by atoms with Crippen LogP contribution in [-0.2, 0) is 4.74 Å². The average molecular weight is 276 g/mol. The number of hydrogen-bond donors (Lipinski definition) is 0. The Labute approximate surface area is 119 Å². The zero-order valence-corrected chi connectivity index (χ0v) is 12.4. The molecular weight excluding hydrogens is 256 g/mol. The summed E-state index contributed by atoms with van der Waals surface area (Å²) in [5.74, 6) is 0.670. The Bertz CT molecular complexity index is 464. The Morgan fingerprint density at radius 3 is 2.79 bits per heavy atom. The van der Waals surface area contributed by atoms with Gasteiger partial charge in [-0.05, 0) is 37.1 Å². The first-order valence-corrected chi connectivity index (χ1v) is 7.84. The van der Waals surface area contributed by atoms with Crippen molar-refractivity contribution in [2.45, 2.75) is 17.7 Å². The molecule has 0 N–H and O–H groups in total. The molecule has 0 aliphatic carbocycles. The van der Waals surface area contributed by atoms with E-state index in [4.69, 9.17) is 4.74 Å². The molecule has 19 heavy (non-hydrogen) atoms. The molecule has 0 aromatic heterocycles. The largest absolute Gasteiger partial charge is 0.381 e. The Morgan fingerprint density at radius 2 is 2.16 bits per heavy atom. The molecule has 4 heteroatoms. The van der Waals surface area contributed by atoms with Gasteiger partial charge in [-0.25, -0.2) is 0 Å². The van der Waals surface area contributed by atoms with Gasteiger partial charge in [0.1, 0.15) is 6.07 Å². The SMILES string of the molecule is CSc1cccc(N(C)CC2CCOCC2)c1C#N. The average Bonchev–Trinajstić information content (AvgIpc) is 2.47. The molecule has 1 saturated heterocycles. The highest BCUT2D eigenvalue weighted by Crippen LogP contribution is 2.29. The summed E-state index contributed by atoms with van der Waals surface area (Å²) in [6.07, 6.45) is 4.25. The van der Waals surface area contributed by atoms with Crippen molar-refractivity contribution in [2.75, 3.05) is 38.0 Å². The zero-order valence-electron chi connectivity index (χ0n) is 11.6. The molecule has 3 nitrogen and oxygen atoms in total. The van der Waals surface area contributed by atoms with Gasteiger partial charge in [-0.15, -0.1) is 11.8 Å². The van der Waals surface area contributed by atoms with E-state index >= 15 is 0 Å². The lowest BCUT2D eigenvalue weighted by molar-refractivity contribution is 0.0685. The lowest BCUT2D eigenvalue weighted by Gasteiger charge is -2.29. The highest BCUT2D eigenvalue weighted by molar-refractivity contribution is 7.98. The van der Waals surface area contributed by atoms with Gasteiger partial charge in [-0.1, -0.05) is 6.07 Å². The van der Waals surface area contributed by atoms with Crippen LogP contribution in [0.15, 0.2) is 23.1 Å². The number of nitrogens with zero attached hydrogens (tertiary/aromatic N) is 2. The second-order valence-corrected chi connectivity index (χ2v) is 5.75. The molecule has 1 aliphatic heterocycles. The van der Waals surface area contributed by atoms with Crippen LogP contribution in [-0.4, -0.2) is 33.1 Å². The van der Waals surface area contributed by atoms with Gasteiger partial charge in [-0.3, -0.25) is 0 Å². The summed E-state index contributed by atoms with van der Waals surface area (Å²) in [5.41, 5.74) is 1.84. The second-order valence-electron chi connectivity index (χ2n) is 4.90. The van der Waals surface area contributed by atoms with Crippen LogP contribution in [0.4, 0.5) is 5.69 Å². The lowest BCUT2D eigenvalue weighted by Crippen LogP contribution is -2.30. The topological polar surface area (TPSA) is 36.3 Å². The third-order valence-corrected chi connectivity index (χ3v) is 4.40. The first-order chi connectivity index (χ1) is 9.26. The van der Waals surface area contributed by atoms with Crippen molar-refractivity contribution in [1.82, 2.24) is 0 Å². The van der Waals surface area contributed by atoms with Crippen molar-refractivity contribution in [1.29, 1.82) is 5.26 Å². The molecule has 2 rings (SSSR count). The van der Waals surface area contributed by atoms with Gasteiger partial charge in [0.15, 0.2) is 0 Å². The summed E-state index contributed by atoms with van der Waals surface area (Å²) in [6, 6.07) is 8.42. The number of nitriles is 1. The summed E-state index contributed by atoms with van der Waals surface area (Å²) >= 11 is 1.63. The summed E-state index contributed by atoms with van der Waals surface area (Å²) in [6.45, 7) is 2.73. The van der Waals surface area contributed by atoms with Crippen LogP contribution in [0.5, 0.6) is 0 Å². The Morgan fingerprint density at radius 1 is 1.42 bits per heavy atom. The van der Waals surface area contributed by atoms with Gasteiger partial charge in [-0.2, -0.15) is 5.26 Å².